The van der Waals surface area contributed by atoms with Crippen LogP contribution in [0.3, 0.4) is 0 Å². The average Bonchev–Trinajstić information content (AvgIpc) is 1.82. The molecule has 1 heteroatoms. The van der Waals surface area contributed by atoms with Crippen molar-refractivity contribution < 1.29 is 1.37 Å². The molecule has 2 N–H and O–H groups in total. The molecule has 1 rings (SSSR count). The summed E-state index contributed by atoms with van der Waals surface area (Å²) >= 11 is 0. The first-order valence-electron chi connectivity index (χ1n) is 3.44. The van der Waals surface area contributed by atoms with Gasteiger partial charge in [-0.3, -0.25) is 0 Å². The number of hydrogen-bond acceptors (Lipinski definition) is 1. The lowest BCUT2D eigenvalue weighted by atomic mass is 10.1. The Balaban J connectivity index is 3.31. The minimum absolute atomic E-state index is 0.532. The van der Waals surface area contributed by atoms with Crippen LogP contribution in [0.1, 0.15) is 12.5 Å². The van der Waals surface area contributed by atoms with Crippen LogP contribution in [0, 0.1) is 13.8 Å². The summed E-state index contributed by atoms with van der Waals surface area (Å²) in [5.74, 6) is 0. The first-order valence-corrected chi connectivity index (χ1v) is 2.94. The number of aryl methyl sites for hydroxylation is 2. The van der Waals surface area contributed by atoms with E-state index in [0.717, 1.165) is 16.8 Å². The highest BCUT2D eigenvalue weighted by Crippen LogP contribution is 2.13. The second-order valence-corrected chi connectivity index (χ2v) is 2.24. The lowest BCUT2D eigenvalue weighted by Crippen LogP contribution is -1.91. The fourth-order valence-corrected chi connectivity index (χ4v) is 0.758. The van der Waals surface area contributed by atoms with Gasteiger partial charge in [-0.2, -0.15) is 0 Å². The van der Waals surface area contributed by atoms with Crippen molar-refractivity contribution in [2.75, 3.05) is 5.73 Å². The molecule has 0 bridgehead atoms. The van der Waals surface area contributed by atoms with Crippen LogP contribution in [0.15, 0.2) is 18.2 Å². The van der Waals surface area contributed by atoms with Crippen molar-refractivity contribution in [3.63, 3.8) is 0 Å². The van der Waals surface area contributed by atoms with E-state index in [2.05, 4.69) is 0 Å². The van der Waals surface area contributed by atoms with E-state index in [1.54, 1.807) is 12.1 Å². The molecule has 0 aliphatic carbocycles. The molecule has 9 heavy (non-hydrogen) atoms. The van der Waals surface area contributed by atoms with E-state index in [-0.39, 0.29) is 0 Å². The number of hydrogen-bond donors (Lipinski definition) is 1. The molecule has 1 aromatic carbocycles. The van der Waals surface area contributed by atoms with E-state index in [1.165, 1.54) is 0 Å². The Hall–Kier alpha value is -0.980. The molecule has 0 aliphatic heterocycles. The van der Waals surface area contributed by atoms with E-state index in [1.807, 2.05) is 13.8 Å². The standard InChI is InChI=1S/C8H11N/c1-6-4-3-5-7(2)8(6)9/h3-5H,9H2,1-2H3/i3D. The summed E-state index contributed by atoms with van der Waals surface area (Å²) in [6, 6.07) is 4.06. The van der Waals surface area contributed by atoms with Gasteiger partial charge in [0, 0.05) is 5.69 Å². The van der Waals surface area contributed by atoms with Crippen molar-refractivity contribution in [2.24, 2.45) is 0 Å². The van der Waals surface area contributed by atoms with Gasteiger partial charge in [-0.1, -0.05) is 18.2 Å². The Morgan fingerprint density at radius 2 is 1.78 bits per heavy atom. The molecule has 0 saturated carbocycles. The van der Waals surface area contributed by atoms with Gasteiger partial charge in [0.15, 0.2) is 0 Å². The van der Waals surface area contributed by atoms with Crippen LogP contribution < -0.4 is 5.73 Å². The van der Waals surface area contributed by atoms with E-state index in [9.17, 15) is 0 Å². The molecule has 1 aromatic rings. The SMILES string of the molecule is [2H]c1cc(C)c(N)c(C)c1. The van der Waals surface area contributed by atoms with Crippen LogP contribution in [0.4, 0.5) is 5.69 Å². The van der Waals surface area contributed by atoms with E-state index in [0.29, 0.717) is 6.04 Å². The molecule has 0 aliphatic rings. The van der Waals surface area contributed by atoms with E-state index < -0.39 is 0 Å². The zero-order chi connectivity index (χ0) is 7.72. The lowest BCUT2D eigenvalue weighted by Gasteiger charge is -2.00. The molecule has 0 atom stereocenters. The summed E-state index contributed by atoms with van der Waals surface area (Å²) in [6.45, 7) is 3.83. The number of anilines is 1. The largest absolute Gasteiger partial charge is 0.398 e. The summed E-state index contributed by atoms with van der Waals surface area (Å²) in [4.78, 5) is 0. The van der Waals surface area contributed by atoms with Crippen molar-refractivity contribution >= 4 is 5.69 Å². The van der Waals surface area contributed by atoms with Crippen LogP contribution in [-0.2, 0) is 0 Å². The van der Waals surface area contributed by atoms with E-state index >= 15 is 0 Å². The molecule has 0 spiro atoms. The monoisotopic (exact) mass is 122 g/mol. The molecule has 0 unspecified atom stereocenters. The van der Waals surface area contributed by atoms with Gasteiger partial charge in [0.1, 0.15) is 0 Å². The maximum absolute atomic E-state index is 7.32. The van der Waals surface area contributed by atoms with Gasteiger partial charge in [0.25, 0.3) is 0 Å². The third-order valence-corrected chi connectivity index (χ3v) is 1.45. The summed E-state index contributed by atoms with van der Waals surface area (Å²) in [6.07, 6.45) is 0. The van der Waals surface area contributed by atoms with Gasteiger partial charge in [-0.15, -0.1) is 0 Å². The second-order valence-electron chi connectivity index (χ2n) is 2.24. The molecular formula is C8H11N. The summed E-state index contributed by atoms with van der Waals surface area (Å²) in [5, 5.41) is 0. The van der Waals surface area contributed by atoms with Crippen molar-refractivity contribution in [1.29, 1.82) is 0 Å². The quantitative estimate of drug-likeness (QED) is 0.522. The Morgan fingerprint density at radius 1 is 1.33 bits per heavy atom. The zero-order valence-corrected chi connectivity index (χ0v) is 5.73. The van der Waals surface area contributed by atoms with Gasteiger partial charge < -0.3 is 5.73 Å². The number of para-hydroxylation sites is 1. The van der Waals surface area contributed by atoms with Crippen molar-refractivity contribution in [2.45, 2.75) is 13.8 Å². The van der Waals surface area contributed by atoms with Gasteiger partial charge in [-0.05, 0) is 25.0 Å². The number of rotatable bonds is 0. The van der Waals surface area contributed by atoms with Crippen LogP contribution in [0.2, 0.25) is 0 Å². The van der Waals surface area contributed by atoms with Gasteiger partial charge >= 0.3 is 0 Å². The van der Waals surface area contributed by atoms with Crippen molar-refractivity contribution in [3.05, 3.63) is 29.3 Å². The Morgan fingerprint density at radius 3 is 2.22 bits per heavy atom. The normalized spacial score (nSPS) is 11.1. The van der Waals surface area contributed by atoms with Crippen molar-refractivity contribution in [3.8, 4) is 0 Å². The molecule has 0 radical (unpaired) electrons. The molecule has 0 saturated heterocycles. The Kier molecular flexibility index (Phi) is 1.13. The number of nitrogen functional groups attached to an aromatic ring is 1. The van der Waals surface area contributed by atoms with Gasteiger partial charge in [0.05, 0.1) is 1.37 Å². The zero-order valence-electron chi connectivity index (χ0n) is 6.73. The minimum atomic E-state index is 0.532. The predicted molar refractivity (Wildman–Crippen MR) is 40.3 cm³/mol. The topological polar surface area (TPSA) is 26.0 Å². The van der Waals surface area contributed by atoms with E-state index in [4.69, 9.17) is 7.10 Å². The smallest absolute Gasteiger partial charge is 0.0623 e. The Labute approximate surface area is 56.9 Å². The van der Waals surface area contributed by atoms with Crippen molar-refractivity contribution in [1.82, 2.24) is 0 Å². The van der Waals surface area contributed by atoms with Crippen LogP contribution in [0.5, 0.6) is 0 Å². The molecule has 1 nitrogen and oxygen atoms in total. The predicted octanol–water partition coefficient (Wildman–Crippen LogP) is 1.89. The third kappa shape index (κ3) is 1.04. The van der Waals surface area contributed by atoms with Crippen LogP contribution in [0.25, 0.3) is 0 Å². The second kappa shape index (κ2) is 2.09. The Bertz CT molecular complexity index is 232. The maximum atomic E-state index is 7.32. The molecule has 48 valence electrons. The van der Waals surface area contributed by atoms with Gasteiger partial charge in [0.2, 0.25) is 0 Å². The average molecular weight is 122 g/mol. The number of nitrogens with two attached hydrogens (primary N) is 1. The molecule has 0 amide bonds. The fourth-order valence-electron chi connectivity index (χ4n) is 0.758. The highest BCUT2D eigenvalue weighted by atomic mass is 14.6. The molecule has 0 heterocycles. The lowest BCUT2D eigenvalue weighted by molar-refractivity contribution is 1.39. The van der Waals surface area contributed by atoms with Crippen LogP contribution in [-0.4, -0.2) is 0 Å². The molecular weight excluding hydrogens is 110 g/mol. The molecule has 0 aromatic heterocycles. The number of benzene rings is 1. The summed E-state index contributed by atoms with van der Waals surface area (Å²) in [7, 11) is 0. The minimum Gasteiger partial charge on any atom is -0.398 e. The molecule has 0 fully saturated rings. The fraction of sp³-hybridized carbons (Fsp3) is 0.250. The summed E-state index contributed by atoms with van der Waals surface area (Å²) in [5.41, 5.74) is 8.45. The first-order chi connectivity index (χ1) is 4.61. The van der Waals surface area contributed by atoms with Gasteiger partial charge in [-0.25, -0.2) is 0 Å². The first kappa shape index (κ1) is 4.86. The highest BCUT2D eigenvalue weighted by Gasteiger charge is 1.92. The maximum Gasteiger partial charge on any atom is 0.0623 e. The third-order valence-electron chi connectivity index (χ3n) is 1.45. The highest BCUT2D eigenvalue weighted by molar-refractivity contribution is 5.52. The van der Waals surface area contributed by atoms with Crippen LogP contribution >= 0.6 is 0 Å². The summed E-state index contributed by atoms with van der Waals surface area (Å²) < 4.78 is 7.32.